The van der Waals surface area contributed by atoms with Gasteiger partial charge in [-0.05, 0) is 18.6 Å². The first kappa shape index (κ1) is 18.4. The molecule has 0 saturated carbocycles. The molecular weight excluding hydrogens is 293 g/mol. The number of alkyl halides is 5. The average molecular weight is 309 g/mol. The highest BCUT2D eigenvalue weighted by Crippen LogP contribution is 2.35. The maximum atomic E-state index is 13.3. The summed E-state index contributed by atoms with van der Waals surface area (Å²) >= 11 is 3.97. The fourth-order valence-electron chi connectivity index (χ4n) is 1.26. The molecule has 0 radical (unpaired) electrons. The minimum Gasteiger partial charge on any atom is -0.351 e. The molecule has 9 heteroatoms. The second kappa shape index (κ2) is 8.57. The fourth-order valence-corrected chi connectivity index (χ4v) is 1.48. The van der Waals surface area contributed by atoms with Crippen LogP contribution in [0.15, 0.2) is 0 Å². The van der Waals surface area contributed by atoms with E-state index in [1.54, 1.807) is 5.32 Å². The molecular formula is C10H16F5NO2S. The second-order valence-corrected chi connectivity index (χ2v) is 4.19. The van der Waals surface area contributed by atoms with Crippen LogP contribution in [0.5, 0.6) is 0 Å². The molecule has 1 N–H and O–H groups in total. The summed E-state index contributed by atoms with van der Waals surface area (Å²) in [5, 5.41) is 1.75. The van der Waals surface area contributed by atoms with Crippen molar-refractivity contribution in [3.8, 4) is 0 Å². The van der Waals surface area contributed by atoms with Crippen molar-refractivity contribution >= 4 is 18.5 Å². The number of ether oxygens (including phenoxy) is 1. The quantitative estimate of drug-likeness (QED) is 0.390. The molecule has 0 aromatic carbocycles. The van der Waals surface area contributed by atoms with Gasteiger partial charge < -0.3 is 5.32 Å². The average Bonchev–Trinajstić information content (AvgIpc) is 2.32. The Bertz CT molecular complexity index is 277. The van der Waals surface area contributed by atoms with Crippen molar-refractivity contribution in [1.29, 1.82) is 0 Å². The van der Waals surface area contributed by atoms with Gasteiger partial charge in [0.15, 0.2) is 6.86 Å². The molecule has 1 atom stereocenters. The van der Waals surface area contributed by atoms with Crippen molar-refractivity contribution in [3.63, 3.8) is 0 Å². The van der Waals surface area contributed by atoms with Gasteiger partial charge >= 0.3 is 12.0 Å². The monoisotopic (exact) mass is 309 g/mol. The molecule has 0 aliphatic heterocycles. The van der Waals surface area contributed by atoms with Crippen LogP contribution in [0.4, 0.5) is 22.0 Å². The van der Waals surface area contributed by atoms with Crippen LogP contribution in [0.2, 0.25) is 0 Å². The van der Waals surface area contributed by atoms with Crippen molar-refractivity contribution < 1.29 is 31.5 Å². The maximum Gasteiger partial charge on any atom is 0.458 e. The highest BCUT2D eigenvalue weighted by molar-refractivity contribution is 7.80. The zero-order chi connectivity index (χ0) is 14.9. The zero-order valence-corrected chi connectivity index (χ0v) is 11.0. The van der Waals surface area contributed by atoms with Crippen molar-refractivity contribution in [2.24, 2.45) is 0 Å². The minimum absolute atomic E-state index is 0.136. The fraction of sp³-hybridized carbons (Fsp3) is 0.900. The zero-order valence-electron chi connectivity index (χ0n) is 10.1. The van der Waals surface area contributed by atoms with Crippen LogP contribution in [0.3, 0.4) is 0 Å². The predicted molar refractivity (Wildman–Crippen MR) is 62.3 cm³/mol. The number of hydrogen-bond donors (Lipinski definition) is 2. The van der Waals surface area contributed by atoms with Crippen LogP contribution in [-0.2, 0) is 9.53 Å². The molecule has 0 saturated heterocycles. The Morgan fingerprint density at radius 1 is 1.11 bits per heavy atom. The Kier molecular flexibility index (Phi) is 8.31. The lowest BCUT2D eigenvalue weighted by atomic mass is 10.2. The van der Waals surface area contributed by atoms with E-state index >= 15 is 0 Å². The highest BCUT2D eigenvalue weighted by Gasteiger charge is 2.63. The number of hydrogen-bond acceptors (Lipinski definition) is 3. The third-order valence-electron chi connectivity index (χ3n) is 2.28. The summed E-state index contributed by atoms with van der Waals surface area (Å²) in [6, 6.07) is 0. The van der Waals surface area contributed by atoms with Gasteiger partial charge in [0.05, 0.1) is 0 Å². The third-order valence-corrected chi connectivity index (χ3v) is 2.60. The van der Waals surface area contributed by atoms with Crippen LogP contribution in [0.25, 0.3) is 0 Å². The van der Waals surface area contributed by atoms with E-state index < -0.39 is 24.8 Å². The Labute approximate surface area is 113 Å². The number of nitrogens with one attached hydrogen (secondary N) is 1. The molecule has 3 nitrogen and oxygen atoms in total. The van der Waals surface area contributed by atoms with Gasteiger partial charge in [-0.2, -0.15) is 30.2 Å². The Morgan fingerprint density at radius 3 is 2.16 bits per heavy atom. The van der Waals surface area contributed by atoms with Gasteiger partial charge in [-0.3, -0.25) is 9.53 Å². The highest BCUT2D eigenvalue weighted by atomic mass is 32.1. The third kappa shape index (κ3) is 5.94. The molecule has 1 amide bonds. The number of thiol groups is 1. The van der Waals surface area contributed by atoms with Gasteiger partial charge in [0.2, 0.25) is 0 Å². The first-order chi connectivity index (χ1) is 8.79. The van der Waals surface area contributed by atoms with Crippen LogP contribution in [-0.4, -0.2) is 37.1 Å². The normalized spacial score (nSPS) is 15.1. The minimum atomic E-state index is -5.63. The van der Waals surface area contributed by atoms with Crippen LogP contribution in [0, 0.1) is 0 Å². The van der Waals surface area contributed by atoms with Gasteiger partial charge in [-0.15, -0.1) is 0 Å². The molecule has 0 aliphatic carbocycles. The molecule has 0 aromatic heterocycles. The van der Waals surface area contributed by atoms with Gasteiger partial charge in [-0.1, -0.05) is 12.8 Å². The summed E-state index contributed by atoms with van der Waals surface area (Å²) in [5.74, 6) is -5.99. The van der Waals surface area contributed by atoms with E-state index in [1.807, 2.05) is 0 Å². The van der Waals surface area contributed by atoms with Crippen LogP contribution >= 0.6 is 12.6 Å². The van der Waals surface area contributed by atoms with Gasteiger partial charge in [0.25, 0.3) is 5.91 Å². The smallest absolute Gasteiger partial charge is 0.351 e. The summed E-state index contributed by atoms with van der Waals surface area (Å²) in [7, 11) is 0. The van der Waals surface area contributed by atoms with E-state index in [0.29, 0.717) is 18.6 Å². The number of carbonyl (C=O) groups is 1. The Hall–Kier alpha value is -0.570. The van der Waals surface area contributed by atoms with Crippen LogP contribution < -0.4 is 5.32 Å². The molecule has 0 aromatic rings. The number of halogens is 5. The largest absolute Gasteiger partial charge is 0.458 e. The summed E-state index contributed by atoms with van der Waals surface area (Å²) in [6.45, 7) is -2.19. The molecule has 0 rings (SSSR count). The predicted octanol–water partition coefficient (Wildman–Crippen LogP) is 2.76. The van der Waals surface area contributed by atoms with Gasteiger partial charge in [0, 0.05) is 6.54 Å². The standard InChI is InChI=1S/C10H16F5NO2S/c11-7-18-9(12,10(13,14)15)8(17)16-5-3-1-2-4-6-19/h19H,1-7H2,(H,16,17). The van der Waals surface area contributed by atoms with Gasteiger partial charge in [-0.25, -0.2) is 4.39 Å². The lowest BCUT2D eigenvalue weighted by molar-refractivity contribution is -0.322. The molecule has 19 heavy (non-hydrogen) atoms. The maximum absolute atomic E-state index is 13.3. The first-order valence-electron chi connectivity index (χ1n) is 5.64. The van der Waals surface area contributed by atoms with E-state index in [1.165, 1.54) is 0 Å². The van der Waals surface area contributed by atoms with E-state index in [4.69, 9.17) is 0 Å². The number of amides is 1. The molecule has 0 spiro atoms. The summed E-state index contributed by atoms with van der Waals surface area (Å²) in [5.41, 5.74) is 0. The van der Waals surface area contributed by atoms with E-state index in [2.05, 4.69) is 17.4 Å². The molecule has 114 valence electrons. The SMILES string of the molecule is O=C(NCCCCCCS)C(F)(OCF)C(F)(F)F. The van der Waals surface area contributed by atoms with Crippen molar-refractivity contribution in [3.05, 3.63) is 0 Å². The van der Waals surface area contributed by atoms with Crippen molar-refractivity contribution in [2.75, 3.05) is 19.2 Å². The van der Waals surface area contributed by atoms with Gasteiger partial charge in [0.1, 0.15) is 0 Å². The summed E-state index contributed by atoms with van der Waals surface area (Å²) < 4.78 is 65.2. The molecule has 1 unspecified atom stereocenters. The van der Waals surface area contributed by atoms with E-state index in [9.17, 15) is 26.7 Å². The molecule has 0 bridgehead atoms. The van der Waals surface area contributed by atoms with Crippen molar-refractivity contribution in [1.82, 2.24) is 5.32 Å². The van der Waals surface area contributed by atoms with Crippen molar-refractivity contribution in [2.45, 2.75) is 37.7 Å². The Morgan fingerprint density at radius 2 is 1.68 bits per heavy atom. The lowest BCUT2D eigenvalue weighted by Crippen LogP contribution is -2.55. The van der Waals surface area contributed by atoms with E-state index in [0.717, 1.165) is 12.8 Å². The topological polar surface area (TPSA) is 38.3 Å². The second-order valence-electron chi connectivity index (χ2n) is 3.74. The van der Waals surface area contributed by atoms with Crippen LogP contribution in [0.1, 0.15) is 25.7 Å². The number of unbranched alkanes of at least 4 members (excludes halogenated alkanes) is 3. The first-order valence-corrected chi connectivity index (χ1v) is 6.27. The number of rotatable bonds is 9. The number of carbonyl (C=O) groups excluding carboxylic acids is 1. The van der Waals surface area contributed by atoms with E-state index in [-0.39, 0.29) is 6.54 Å². The Balaban J connectivity index is 4.21. The lowest BCUT2D eigenvalue weighted by Gasteiger charge is -2.25. The summed E-state index contributed by atoms with van der Waals surface area (Å²) in [6.07, 6.45) is -2.92. The summed E-state index contributed by atoms with van der Waals surface area (Å²) in [4.78, 5) is 11.1. The molecule has 0 heterocycles. The molecule has 0 aliphatic rings. The molecule has 0 fully saturated rings.